The zero-order valence-corrected chi connectivity index (χ0v) is 14.5. The van der Waals surface area contributed by atoms with Gasteiger partial charge in [0.25, 0.3) is 10.0 Å². The number of benzene rings is 1. The van der Waals surface area contributed by atoms with Gasteiger partial charge in [0, 0.05) is 16.1 Å². The third-order valence-corrected chi connectivity index (χ3v) is 4.84. The van der Waals surface area contributed by atoms with Crippen molar-refractivity contribution in [1.82, 2.24) is 14.8 Å². The normalized spacial score (nSPS) is 12.1. The summed E-state index contributed by atoms with van der Waals surface area (Å²) in [5.74, 6) is 0. The molecule has 1 aromatic carbocycles. The first kappa shape index (κ1) is 15.7. The molecule has 0 bridgehead atoms. The van der Waals surface area contributed by atoms with E-state index in [9.17, 15) is 8.42 Å². The standard InChI is InChI=1S/C15H13BrN4O2S/c1-10-2-4-14(5-3-10)23(21,22)20-18-9-13-7-11-6-12(16)8-17-15(11)19-13/h2-9,20H,1H3,(H,17,19). The van der Waals surface area contributed by atoms with E-state index in [0.717, 1.165) is 15.4 Å². The Morgan fingerprint density at radius 3 is 2.74 bits per heavy atom. The maximum atomic E-state index is 12.1. The van der Waals surface area contributed by atoms with E-state index >= 15 is 0 Å². The van der Waals surface area contributed by atoms with Crippen molar-refractivity contribution in [3.05, 3.63) is 58.3 Å². The van der Waals surface area contributed by atoms with E-state index in [-0.39, 0.29) is 4.90 Å². The maximum absolute atomic E-state index is 12.1. The second kappa shape index (κ2) is 6.13. The van der Waals surface area contributed by atoms with Crippen LogP contribution in [0.1, 0.15) is 11.3 Å². The molecule has 0 aliphatic rings. The molecule has 2 aromatic heterocycles. The van der Waals surface area contributed by atoms with Crippen LogP contribution in [0.3, 0.4) is 0 Å². The van der Waals surface area contributed by atoms with Gasteiger partial charge in [0.05, 0.1) is 16.8 Å². The summed E-state index contributed by atoms with van der Waals surface area (Å²) < 4.78 is 25.1. The van der Waals surface area contributed by atoms with Crippen LogP contribution in [0.25, 0.3) is 11.0 Å². The summed E-state index contributed by atoms with van der Waals surface area (Å²) in [7, 11) is -3.67. The number of halogens is 1. The van der Waals surface area contributed by atoms with E-state index in [0.29, 0.717) is 11.3 Å². The molecule has 0 amide bonds. The van der Waals surface area contributed by atoms with Gasteiger partial charge in [-0.25, -0.2) is 9.82 Å². The Morgan fingerprint density at radius 2 is 2.00 bits per heavy atom. The lowest BCUT2D eigenvalue weighted by atomic mass is 10.2. The molecule has 6 nitrogen and oxygen atoms in total. The van der Waals surface area contributed by atoms with E-state index in [2.05, 4.69) is 35.8 Å². The van der Waals surface area contributed by atoms with Gasteiger partial charge < -0.3 is 4.98 Å². The fourth-order valence-electron chi connectivity index (χ4n) is 2.01. The van der Waals surface area contributed by atoms with Crippen LogP contribution in [-0.4, -0.2) is 24.6 Å². The molecule has 0 radical (unpaired) electrons. The van der Waals surface area contributed by atoms with Crippen LogP contribution < -0.4 is 4.83 Å². The number of hydrogen-bond acceptors (Lipinski definition) is 4. The molecular formula is C15H13BrN4O2S. The van der Waals surface area contributed by atoms with Crippen molar-refractivity contribution in [3.8, 4) is 0 Å². The number of nitrogens with zero attached hydrogens (tertiary/aromatic N) is 2. The highest BCUT2D eigenvalue weighted by Gasteiger charge is 2.11. The van der Waals surface area contributed by atoms with Crippen molar-refractivity contribution in [3.63, 3.8) is 0 Å². The Balaban J connectivity index is 1.78. The van der Waals surface area contributed by atoms with E-state index in [4.69, 9.17) is 0 Å². The number of aryl methyl sites for hydroxylation is 1. The van der Waals surface area contributed by atoms with Crippen LogP contribution in [-0.2, 0) is 10.0 Å². The van der Waals surface area contributed by atoms with Crippen LogP contribution in [0.2, 0.25) is 0 Å². The zero-order valence-electron chi connectivity index (χ0n) is 12.1. The Labute approximate surface area is 141 Å². The minimum absolute atomic E-state index is 0.169. The first-order chi connectivity index (χ1) is 10.9. The van der Waals surface area contributed by atoms with Gasteiger partial charge >= 0.3 is 0 Å². The van der Waals surface area contributed by atoms with Crippen molar-refractivity contribution in [2.45, 2.75) is 11.8 Å². The second-order valence-corrected chi connectivity index (χ2v) is 7.56. The van der Waals surface area contributed by atoms with Gasteiger partial charge in [-0.05, 0) is 47.1 Å². The predicted molar refractivity (Wildman–Crippen MR) is 92.9 cm³/mol. The topological polar surface area (TPSA) is 87.2 Å². The number of H-pyrrole nitrogens is 1. The molecular weight excluding hydrogens is 380 g/mol. The van der Waals surface area contributed by atoms with Crippen LogP contribution in [0, 0.1) is 6.92 Å². The summed E-state index contributed by atoms with van der Waals surface area (Å²) in [5.41, 5.74) is 2.34. The Morgan fingerprint density at radius 1 is 1.26 bits per heavy atom. The molecule has 0 saturated heterocycles. The van der Waals surface area contributed by atoms with Gasteiger partial charge in [0.1, 0.15) is 5.65 Å². The van der Waals surface area contributed by atoms with Gasteiger partial charge in [-0.3, -0.25) is 0 Å². The first-order valence-corrected chi connectivity index (χ1v) is 8.97. The van der Waals surface area contributed by atoms with E-state index in [1.807, 2.05) is 19.1 Å². The lowest BCUT2D eigenvalue weighted by molar-refractivity contribution is 0.584. The minimum Gasteiger partial charge on any atom is -0.338 e. The van der Waals surface area contributed by atoms with Crippen molar-refractivity contribution < 1.29 is 8.42 Å². The summed E-state index contributed by atoms with van der Waals surface area (Å²) in [6, 6.07) is 10.3. The molecule has 118 valence electrons. The highest BCUT2D eigenvalue weighted by Crippen LogP contribution is 2.17. The third kappa shape index (κ3) is 3.59. The predicted octanol–water partition coefficient (Wildman–Crippen LogP) is 2.95. The van der Waals surface area contributed by atoms with Crippen molar-refractivity contribution in [1.29, 1.82) is 0 Å². The van der Waals surface area contributed by atoms with Crippen LogP contribution >= 0.6 is 15.9 Å². The van der Waals surface area contributed by atoms with Crippen LogP contribution in [0.4, 0.5) is 0 Å². The average molecular weight is 393 g/mol. The van der Waals surface area contributed by atoms with Crippen LogP contribution in [0.5, 0.6) is 0 Å². The molecule has 0 fully saturated rings. The number of nitrogens with one attached hydrogen (secondary N) is 2. The van der Waals surface area contributed by atoms with Gasteiger partial charge in [-0.15, -0.1) is 0 Å². The number of aromatic nitrogens is 2. The van der Waals surface area contributed by atoms with Crippen molar-refractivity contribution in [2.75, 3.05) is 0 Å². The molecule has 0 spiro atoms. The SMILES string of the molecule is Cc1ccc(S(=O)(=O)NN=Cc2cc3cc(Br)cnc3[nH]2)cc1. The molecule has 0 aliphatic heterocycles. The lowest BCUT2D eigenvalue weighted by Crippen LogP contribution is -2.18. The van der Waals surface area contributed by atoms with Gasteiger partial charge in [-0.2, -0.15) is 13.5 Å². The largest absolute Gasteiger partial charge is 0.338 e. The summed E-state index contributed by atoms with van der Waals surface area (Å²) in [6.07, 6.45) is 3.08. The third-order valence-electron chi connectivity index (χ3n) is 3.17. The number of pyridine rings is 1. The van der Waals surface area contributed by atoms with E-state index in [1.165, 1.54) is 18.3 Å². The summed E-state index contributed by atoms with van der Waals surface area (Å²) in [6.45, 7) is 1.89. The highest BCUT2D eigenvalue weighted by atomic mass is 79.9. The minimum atomic E-state index is -3.67. The Hall–Kier alpha value is -2.19. The number of hydrogen-bond donors (Lipinski definition) is 2. The molecule has 2 N–H and O–H groups in total. The lowest BCUT2D eigenvalue weighted by Gasteiger charge is -2.03. The second-order valence-electron chi connectivity index (χ2n) is 4.98. The smallest absolute Gasteiger partial charge is 0.276 e. The van der Waals surface area contributed by atoms with E-state index in [1.54, 1.807) is 18.3 Å². The maximum Gasteiger partial charge on any atom is 0.276 e. The number of aromatic amines is 1. The highest BCUT2D eigenvalue weighted by molar-refractivity contribution is 9.10. The Bertz CT molecular complexity index is 978. The molecule has 8 heteroatoms. The molecule has 0 aliphatic carbocycles. The average Bonchev–Trinajstić information content (AvgIpc) is 2.89. The first-order valence-electron chi connectivity index (χ1n) is 6.70. The zero-order chi connectivity index (χ0) is 16.4. The number of hydrazone groups is 1. The molecule has 23 heavy (non-hydrogen) atoms. The van der Waals surface area contributed by atoms with Crippen molar-refractivity contribution in [2.24, 2.45) is 5.10 Å². The van der Waals surface area contributed by atoms with Gasteiger partial charge in [0.15, 0.2) is 0 Å². The van der Waals surface area contributed by atoms with E-state index < -0.39 is 10.0 Å². The van der Waals surface area contributed by atoms with Gasteiger partial charge in [-0.1, -0.05) is 17.7 Å². The fourth-order valence-corrected chi connectivity index (χ4v) is 3.15. The molecule has 0 atom stereocenters. The monoisotopic (exact) mass is 392 g/mol. The number of rotatable bonds is 4. The number of fused-ring (bicyclic) bond motifs is 1. The molecule has 0 saturated carbocycles. The van der Waals surface area contributed by atoms with Crippen LogP contribution in [0.15, 0.2) is 57.1 Å². The molecule has 2 heterocycles. The Kier molecular flexibility index (Phi) is 4.18. The fraction of sp³-hybridized carbons (Fsp3) is 0.0667. The molecule has 3 rings (SSSR count). The summed E-state index contributed by atoms with van der Waals surface area (Å²) in [4.78, 5) is 9.61. The summed E-state index contributed by atoms with van der Waals surface area (Å²) in [5, 5.41) is 4.70. The van der Waals surface area contributed by atoms with Crippen molar-refractivity contribution >= 4 is 43.2 Å². The van der Waals surface area contributed by atoms with Gasteiger partial charge in [0.2, 0.25) is 0 Å². The molecule has 3 aromatic rings. The quantitative estimate of drug-likeness (QED) is 0.528. The number of sulfonamides is 1. The molecule has 0 unspecified atom stereocenters. The summed E-state index contributed by atoms with van der Waals surface area (Å²) >= 11 is 3.35.